The molecular weight excluding hydrogens is 504 g/mol. The molecule has 0 radical (unpaired) electrons. The molecule has 1 aromatic carbocycles. The van der Waals surface area contributed by atoms with Crippen LogP contribution in [-0.4, -0.2) is 75.5 Å². The lowest BCUT2D eigenvalue weighted by atomic mass is 9.99. The molecule has 1 aromatic rings. The molecule has 0 bridgehead atoms. The van der Waals surface area contributed by atoms with Gasteiger partial charge in [0.2, 0.25) is 0 Å². The van der Waals surface area contributed by atoms with Crippen molar-refractivity contribution < 1.29 is 53.0 Å². The molecule has 36 heavy (non-hydrogen) atoms. The Kier molecular flexibility index (Phi) is 10.2. The van der Waals surface area contributed by atoms with Gasteiger partial charge >= 0.3 is 23.9 Å². The minimum atomic E-state index is -1.39. The van der Waals surface area contributed by atoms with Gasteiger partial charge in [-0.2, -0.15) is 0 Å². The van der Waals surface area contributed by atoms with E-state index in [0.29, 0.717) is 0 Å². The van der Waals surface area contributed by atoms with Crippen LogP contribution < -0.4 is 0 Å². The highest BCUT2D eigenvalue weighted by Crippen LogP contribution is 2.36. The second-order valence-corrected chi connectivity index (χ2v) is 8.48. The van der Waals surface area contributed by atoms with Crippen LogP contribution in [0.4, 0.5) is 5.69 Å². The molecule has 0 aromatic heterocycles. The Balaban J connectivity index is 2.48. The van der Waals surface area contributed by atoms with Gasteiger partial charge in [-0.3, -0.25) is 29.3 Å². The molecule has 15 heteroatoms. The van der Waals surface area contributed by atoms with Crippen LogP contribution in [0.3, 0.4) is 0 Å². The van der Waals surface area contributed by atoms with Gasteiger partial charge in [0.05, 0.1) is 4.92 Å². The predicted molar refractivity (Wildman–Crippen MR) is 121 cm³/mol. The van der Waals surface area contributed by atoms with Crippen molar-refractivity contribution in [3.05, 3.63) is 39.9 Å². The van der Waals surface area contributed by atoms with Crippen molar-refractivity contribution in [2.24, 2.45) is 5.16 Å². The number of esters is 4. The number of non-ortho nitro benzene ring substituents is 1. The van der Waals surface area contributed by atoms with Crippen molar-refractivity contribution in [1.29, 1.82) is 0 Å². The van der Waals surface area contributed by atoms with Crippen molar-refractivity contribution in [3.63, 3.8) is 0 Å². The predicted octanol–water partition coefficient (Wildman–Crippen LogP) is 1.55. The zero-order chi connectivity index (χ0) is 27.0. The molecule has 1 aliphatic rings. The molecule has 0 aliphatic carbocycles. The fourth-order valence-corrected chi connectivity index (χ4v) is 4.35. The molecule has 5 atom stereocenters. The van der Waals surface area contributed by atoms with Gasteiger partial charge in [-0.25, -0.2) is 0 Å². The van der Waals surface area contributed by atoms with Crippen LogP contribution in [0.1, 0.15) is 33.3 Å². The van der Waals surface area contributed by atoms with Gasteiger partial charge in [-0.1, -0.05) is 16.9 Å². The van der Waals surface area contributed by atoms with Crippen LogP contribution in [0.15, 0.2) is 29.4 Å². The number of hydrogen-bond donors (Lipinski definition) is 1. The second kappa shape index (κ2) is 12.8. The minimum Gasteiger partial charge on any atom is -0.463 e. The van der Waals surface area contributed by atoms with Crippen LogP contribution in [0, 0.1) is 10.1 Å². The van der Waals surface area contributed by atoms with Crippen molar-refractivity contribution in [3.8, 4) is 0 Å². The van der Waals surface area contributed by atoms with E-state index in [0.717, 1.165) is 39.5 Å². The number of nitrogens with zero attached hydrogens (tertiary/aromatic N) is 2. The highest BCUT2D eigenvalue weighted by atomic mass is 32.2. The van der Waals surface area contributed by atoms with Crippen LogP contribution in [0.2, 0.25) is 0 Å². The fourth-order valence-electron chi connectivity index (χ4n) is 3.27. The summed E-state index contributed by atoms with van der Waals surface area (Å²) < 4.78 is 26.9. The number of nitro benzene ring substituents is 1. The van der Waals surface area contributed by atoms with E-state index in [-0.39, 0.29) is 16.3 Å². The monoisotopic (exact) mass is 528 g/mol. The molecule has 0 saturated carbocycles. The lowest BCUT2D eigenvalue weighted by Crippen LogP contribution is -2.61. The van der Waals surface area contributed by atoms with Crippen molar-refractivity contribution >= 4 is 46.4 Å². The Labute approximate surface area is 209 Å². The smallest absolute Gasteiger partial charge is 0.303 e. The van der Waals surface area contributed by atoms with E-state index in [1.807, 2.05) is 0 Å². The molecule has 1 fully saturated rings. The second-order valence-electron chi connectivity index (χ2n) is 7.39. The third-order valence-electron chi connectivity index (χ3n) is 4.59. The van der Waals surface area contributed by atoms with Gasteiger partial charge in [-0.15, -0.1) is 0 Å². The number of rotatable bonds is 8. The first-order valence-corrected chi connectivity index (χ1v) is 11.2. The molecular formula is C21H24N2O12S. The maximum Gasteiger partial charge on any atom is 0.303 e. The number of thioether (sulfide) groups is 1. The fraction of sp³-hybridized carbons (Fsp3) is 0.476. The Hall–Kier alpha value is -3.72. The van der Waals surface area contributed by atoms with E-state index < -0.39 is 65.3 Å². The molecule has 1 aliphatic heterocycles. The maximum atomic E-state index is 11.9. The molecule has 0 spiro atoms. The van der Waals surface area contributed by atoms with Crippen LogP contribution >= 0.6 is 11.8 Å². The minimum absolute atomic E-state index is 0.0919. The summed E-state index contributed by atoms with van der Waals surface area (Å²) in [7, 11) is 0. The Morgan fingerprint density at radius 2 is 1.47 bits per heavy atom. The molecule has 1 N–H and O–H groups in total. The van der Waals surface area contributed by atoms with Gasteiger partial charge < -0.3 is 28.9 Å². The van der Waals surface area contributed by atoms with Gasteiger partial charge in [0.15, 0.2) is 23.7 Å². The Morgan fingerprint density at radius 3 is 1.94 bits per heavy atom. The summed E-state index contributed by atoms with van der Waals surface area (Å²) in [5, 5.41) is 23.7. The van der Waals surface area contributed by atoms with E-state index >= 15 is 0 Å². The summed E-state index contributed by atoms with van der Waals surface area (Å²) in [6, 6.07) is 5.03. The molecule has 14 nitrogen and oxygen atoms in total. The summed E-state index contributed by atoms with van der Waals surface area (Å²) >= 11 is 0.731. The van der Waals surface area contributed by atoms with Crippen LogP contribution in [0.25, 0.3) is 0 Å². The van der Waals surface area contributed by atoms with E-state index in [9.17, 15) is 34.5 Å². The van der Waals surface area contributed by atoms with E-state index in [4.69, 9.17) is 23.7 Å². The number of oxime groups is 1. The van der Waals surface area contributed by atoms with Crippen molar-refractivity contribution in [2.75, 3.05) is 6.61 Å². The first-order chi connectivity index (χ1) is 16.9. The third kappa shape index (κ3) is 7.91. The first-order valence-electron chi connectivity index (χ1n) is 10.4. The average Bonchev–Trinajstić information content (AvgIpc) is 2.78. The quantitative estimate of drug-likeness (QED) is 0.0973. The lowest BCUT2D eigenvalue weighted by molar-refractivity contribution is -0.384. The molecule has 1 saturated heterocycles. The number of benzene rings is 1. The van der Waals surface area contributed by atoms with Gasteiger partial charge in [0.25, 0.3) is 5.69 Å². The number of ether oxygens (including phenoxy) is 5. The zero-order valence-electron chi connectivity index (χ0n) is 19.6. The van der Waals surface area contributed by atoms with Crippen LogP contribution in [-0.2, 0) is 42.9 Å². The lowest BCUT2D eigenvalue weighted by Gasteiger charge is -2.44. The van der Waals surface area contributed by atoms with Crippen LogP contribution in [0.5, 0.6) is 0 Å². The molecule has 2 rings (SSSR count). The third-order valence-corrected chi connectivity index (χ3v) is 5.74. The highest BCUT2D eigenvalue weighted by molar-refractivity contribution is 8.14. The number of carbonyl (C=O) groups excluding carboxylic acids is 4. The first kappa shape index (κ1) is 28.5. The Morgan fingerprint density at radius 1 is 0.944 bits per heavy atom. The average molecular weight is 528 g/mol. The molecule has 1 heterocycles. The summed E-state index contributed by atoms with van der Waals surface area (Å²) in [6.07, 6.45) is -5.27. The summed E-state index contributed by atoms with van der Waals surface area (Å²) in [6.45, 7) is 4.01. The topological polar surface area (TPSA) is 190 Å². The summed E-state index contributed by atoms with van der Waals surface area (Å²) in [5.41, 5.74) is -1.18. The zero-order valence-corrected chi connectivity index (χ0v) is 20.5. The maximum absolute atomic E-state index is 11.9. The standard InChI is InChI=1S/C21H24N2O12S/c1-10(24)31-9-16-17(32-11(2)25)18(33-12(3)26)19(34-13(4)27)21(35-16)36-20(22-28)14-5-7-15(8-6-14)23(29)30/h5-8,16-19,21,28H,9H2,1-4H3/b22-20-/t16-,17-,18+,19-,21+/m1/s1. The van der Waals surface area contributed by atoms with Gasteiger partial charge in [-0.05, 0) is 12.1 Å². The summed E-state index contributed by atoms with van der Waals surface area (Å²) in [5.74, 6) is -3.02. The van der Waals surface area contributed by atoms with Crippen molar-refractivity contribution in [2.45, 2.75) is 57.5 Å². The molecule has 196 valence electrons. The largest absolute Gasteiger partial charge is 0.463 e. The Bertz CT molecular complexity index is 1030. The number of nitro groups is 1. The molecule has 0 amide bonds. The SMILES string of the molecule is CC(=O)OC[C@H]1O[C@@H](S/C(=N\O)c2ccc([N+](=O)[O-])cc2)[C@H](OC(C)=O)[C@@H](OC(C)=O)[C@@H]1OC(C)=O. The molecule has 0 unspecified atom stereocenters. The van der Waals surface area contributed by atoms with Gasteiger partial charge in [0, 0.05) is 45.4 Å². The highest BCUT2D eigenvalue weighted by Gasteiger charge is 2.52. The number of hydrogen-bond acceptors (Lipinski definition) is 14. The normalized spacial score (nSPS) is 23.8. The van der Waals surface area contributed by atoms with E-state index in [1.54, 1.807) is 0 Å². The van der Waals surface area contributed by atoms with E-state index in [1.165, 1.54) is 24.3 Å². The number of carbonyl (C=O) groups is 4. The van der Waals surface area contributed by atoms with Crippen molar-refractivity contribution in [1.82, 2.24) is 0 Å². The summed E-state index contributed by atoms with van der Waals surface area (Å²) in [4.78, 5) is 57.3. The van der Waals surface area contributed by atoms with Gasteiger partial charge in [0.1, 0.15) is 17.8 Å². The van der Waals surface area contributed by atoms with E-state index in [2.05, 4.69) is 5.16 Å².